The second kappa shape index (κ2) is 8.14. The van der Waals surface area contributed by atoms with E-state index in [0.29, 0.717) is 0 Å². The molecule has 4 rings (SSSR count). The molecule has 0 aliphatic heterocycles. The molecule has 1 aromatic heterocycles. The van der Waals surface area contributed by atoms with Crippen LogP contribution in [0.25, 0.3) is 21.9 Å². The minimum absolute atomic E-state index is 0.0628. The first-order valence-electron chi connectivity index (χ1n) is 9.97. The topological polar surface area (TPSA) is 73.8 Å². The average Bonchev–Trinajstić information content (AvgIpc) is 3.18. The monoisotopic (exact) mass is 426 g/mol. The van der Waals surface area contributed by atoms with Crippen LogP contribution in [0, 0.1) is 10.1 Å². The van der Waals surface area contributed by atoms with Crippen LogP contribution in [0.2, 0.25) is 19.6 Å². The summed E-state index contributed by atoms with van der Waals surface area (Å²) >= 11 is 0. The number of nitro benzene ring substituents is 1. The van der Waals surface area contributed by atoms with Crippen LogP contribution in [-0.2, 0) is 0 Å². The van der Waals surface area contributed by atoms with E-state index in [0.717, 1.165) is 33.1 Å². The Kier molecular flexibility index (Phi) is 5.38. The molecule has 31 heavy (non-hydrogen) atoms. The standard InChI is InChI=1S/C24H22N4O2Si/c1-31(2,3)24(27-23-12-8-7-11-22(23)25-26-27)17-21(18-9-5-4-6-10-18)19-13-15-20(16-14-19)28(29)30/h4-16H,1-3H3. The highest BCUT2D eigenvalue weighted by Gasteiger charge is 2.25. The third-order valence-corrected chi connectivity index (χ3v) is 6.70. The van der Waals surface area contributed by atoms with Crippen molar-refractivity contribution in [1.29, 1.82) is 0 Å². The Hall–Kier alpha value is -3.80. The molecule has 6 nitrogen and oxygen atoms in total. The van der Waals surface area contributed by atoms with Gasteiger partial charge in [0.05, 0.1) is 15.8 Å². The zero-order valence-corrected chi connectivity index (χ0v) is 18.6. The summed E-state index contributed by atoms with van der Waals surface area (Å²) in [4.78, 5) is 10.7. The Bertz CT molecular complexity index is 1310. The van der Waals surface area contributed by atoms with Crippen molar-refractivity contribution >= 4 is 35.7 Å². The van der Waals surface area contributed by atoms with Crippen molar-refractivity contribution in [2.75, 3.05) is 0 Å². The van der Waals surface area contributed by atoms with Crippen LogP contribution in [0.4, 0.5) is 5.69 Å². The molecule has 1 heterocycles. The Morgan fingerprint density at radius 3 is 2.16 bits per heavy atom. The summed E-state index contributed by atoms with van der Waals surface area (Å²) in [5.74, 6) is 0. The number of fused-ring (bicyclic) bond motifs is 1. The first-order valence-corrected chi connectivity index (χ1v) is 13.5. The van der Waals surface area contributed by atoms with E-state index in [4.69, 9.17) is 0 Å². The highest BCUT2D eigenvalue weighted by atomic mass is 28.3. The van der Waals surface area contributed by atoms with E-state index in [-0.39, 0.29) is 10.6 Å². The number of hydrogen-bond acceptors (Lipinski definition) is 4. The Balaban J connectivity index is 2.04. The lowest BCUT2D eigenvalue weighted by Gasteiger charge is -2.19. The van der Waals surface area contributed by atoms with Gasteiger partial charge in [-0.2, -0.15) is 0 Å². The second-order valence-corrected chi connectivity index (χ2v) is 13.2. The molecule has 0 radical (unpaired) electrons. The van der Waals surface area contributed by atoms with Crippen LogP contribution in [0.1, 0.15) is 11.1 Å². The maximum absolute atomic E-state index is 11.1. The Morgan fingerprint density at radius 2 is 1.52 bits per heavy atom. The van der Waals surface area contributed by atoms with Crippen molar-refractivity contribution in [2.45, 2.75) is 19.6 Å². The number of rotatable bonds is 5. The number of para-hydroxylation sites is 1. The smallest absolute Gasteiger partial charge is 0.258 e. The average molecular weight is 427 g/mol. The number of hydrogen-bond donors (Lipinski definition) is 0. The van der Waals surface area contributed by atoms with Gasteiger partial charge in [0.25, 0.3) is 5.69 Å². The van der Waals surface area contributed by atoms with E-state index in [2.05, 4.69) is 35.7 Å². The van der Waals surface area contributed by atoms with Gasteiger partial charge in [-0.05, 0) is 35.4 Å². The van der Waals surface area contributed by atoms with Crippen LogP contribution < -0.4 is 0 Å². The Labute approximate surface area is 181 Å². The van der Waals surface area contributed by atoms with Crippen LogP contribution in [0.3, 0.4) is 0 Å². The van der Waals surface area contributed by atoms with Crippen molar-refractivity contribution in [1.82, 2.24) is 15.0 Å². The van der Waals surface area contributed by atoms with Crippen LogP contribution in [0.15, 0.2) is 84.6 Å². The zero-order chi connectivity index (χ0) is 22.0. The maximum Gasteiger partial charge on any atom is 0.269 e. The molecule has 0 aliphatic rings. The first-order chi connectivity index (χ1) is 14.8. The van der Waals surface area contributed by atoms with Gasteiger partial charge >= 0.3 is 0 Å². The maximum atomic E-state index is 11.1. The quantitative estimate of drug-likeness (QED) is 0.175. The molecule has 0 spiro atoms. The van der Waals surface area contributed by atoms with Gasteiger partial charge in [0, 0.05) is 17.7 Å². The molecule has 0 atom stereocenters. The fraction of sp³-hybridized carbons (Fsp3) is 0.125. The lowest BCUT2D eigenvalue weighted by Crippen LogP contribution is -2.27. The lowest BCUT2D eigenvalue weighted by molar-refractivity contribution is -0.384. The second-order valence-electron chi connectivity index (χ2n) is 8.26. The van der Waals surface area contributed by atoms with Crippen molar-refractivity contribution in [3.05, 3.63) is 106 Å². The number of nitro groups is 1. The highest BCUT2D eigenvalue weighted by molar-refractivity contribution is 6.92. The van der Waals surface area contributed by atoms with E-state index >= 15 is 0 Å². The summed E-state index contributed by atoms with van der Waals surface area (Å²) in [5.41, 5.74) is 8.19. The van der Waals surface area contributed by atoms with Crippen molar-refractivity contribution < 1.29 is 4.92 Å². The van der Waals surface area contributed by atoms with Gasteiger partial charge in [-0.3, -0.25) is 10.1 Å². The van der Waals surface area contributed by atoms with E-state index < -0.39 is 8.07 Å². The molecule has 3 aromatic carbocycles. The minimum Gasteiger partial charge on any atom is -0.258 e. The van der Waals surface area contributed by atoms with E-state index in [1.54, 1.807) is 12.1 Å². The summed E-state index contributed by atoms with van der Waals surface area (Å²) in [6.45, 7) is 6.72. The van der Waals surface area contributed by atoms with Crippen molar-refractivity contribution in [3.8, 4) is 0 Å². The van der Waals surface area contributed by atoms with Gasteiger partial charge in [0.15, 0.2) is 0 Å². The molecule has 0 amide bonds. The number of benzene rings is 3. The zero-order valence-electron chi connectivity index (χ0n) is 17.6. The SMILES string of the molecule is C[Si](C)(C)C(=C=C(c1ccccc1)c1ccc([N+](=O)[O-])cc1)n1nnc2ccccc21. The molecule has 4 aromatic rings. The van der Waals surface area contributed by atoms with E-state index in [1.165, 1.54) is 12.1 Å². The molecule has 0 saturated carbocycles. The predicted molar refractivity (Wildman–Crippen MR) is 126 cm³/mol. The van der Waals surface area contributed by atoms with Crippen LogP contribution >= 0.6 is 0 Å². The number of non-ortho nitro benzene ring substituents is 1. The third-order valence-electron chi connectivity index (χ3n) is 4.95. The summed E-state index contributed by atoms with van der Waals surface area (Å²) in [6.07, 6.45) is 0. The van der Waals surface area contributed by atoms with Gasteiger partial charge < -0.3 is 0 Å². The summed E-state index contributed by atoms with van der Waals surface area (Å²) in [6, 6.07) is 24.4. The summed E-state index contributed by atoms with van der Waals surface area (Å²) in [5, 5.41) is 20.9. The molecule has 0 unspecified atom stereocenters. The fourth-order valence-corrected chi connectivity index (χ4v) is 4.68. The third kappa shape index (κ3) is 4.23. The van der Waals surface area contributed by atoms with E-state index in [9.17, 15) is 10.1 Å². The molecule has 0 aliphatic carbocycles. The number of nitrogens with zero attached hydrogens (tertiary/aromatic N) is 4. The lowest BCUT2D eigenvalue weighted by atomic mass is 9.98. The molecular weight excluding hydrogens is 404 g/mol. The predicted octanol–water partition coefficient (Wildman–Crippen LogP) is 5.79. The van der Waals surface area contributed by atoms with Gasteiger partial charge in [-0.25, -0.2) is 4.68 Å². The molecule has 0 bridgehead atoms. The largest absolute Gasteiger partial charge is 0.269 e. The van der Waals surface area contributed by atoms with Gasteiger partial charge in [0.1, 0.15) is 13.6 Å². The molecular formula is C24H22N4O2Si. The summed E-state index contributed by atoms with van der Waals surface area (Å²) < 4.78 is 1.88. The molecule has 0 fully saturated rings. The highest BCUT2D eigenvalue weighted by Crippen LogP contribution is 2.29. The Morgan fingerprint density at radius 1 is 0.903 bits per heavy atom. The van der Waals surface area contributed by atoms with Crippen molar-refractivity contribution in [2.24, 2.45) is 0 Å². The fourth-order valence-electron chi connectivity index (χ4n) is 3.38. The molecule has 0 N–H and O–H groups in total. The number of aromatic nitrogens is 3. The molecule has 154 valence electrons. The van der Waals surface area contributed by atoms with Gasteiger partial charge in [-0.15, -0.1) is 5.10 Å². The van der Waals surface area contributed by atoms with Crippen molar-refractivity contribution in [3.63, 3.8) is 0 Å². The molecule has 7 heteroatoms. The van der Waals surface area contributed by atoms with Crippen LogP contribution in [0.5, 0.6) is 0 Å². The van der Waals surface area contributed by atoms with Crippen LogP contribution in [-0.4, -0.2) is 28.0 Å². The van der Waals surface area contributed by atoms with Gasteiger partial charge in [-0.1, -0.05) is 73.1 Å². The molecule has 0 saturated heterocycles. The van der Waals surface area contributed by atoms with Gasteiger partial charge in [0.2, 0.25) is 0 Å². The minimum atomic E-state index is -1.93. The normalized spacial score (nSPS) is 11.2. The van der Waals surface area contributed by atoms with E-state index in [1.807, 2.05) is 59.3 Å². The summed E-state index contributed by atoms with van der Waals surface area (Å²) in [7, 11) is -1.93. The first kappa shape index (κ1) is 20.5.